The molecule has 0 aliphatic rings. The van der Waals surface area contributed by atoms with Gasteiger partial charge in [0, 0.05) is 44.5 Å². The molecule has 13 rings (SSSR count). The summed E-state index contributed by atoms with van der Waals surface area (Å²) in [5.74, 6) is 3.37. The van der Waals surface area contributed by atoms with Gasteiger partial charge >= 0.3 is 0 Å². The number of para-hydroxylation sites is 4. The van der Waals surface area contributed by atoms with E-state index in [2.05, 4.69) is 24.3 Å². The van der Waals surface area contributed by atoms with Crippen molar-refractivity contribution in [3.63, 3.8) is 0 Å². The standard InChI is InChI=1S/C60H36N10/c1-5-19-37(20-6-1)55-65-56(38-21-7-2-8-22-38)68-59(67-55)43-29-17-27-41(35-43)49-50(52-54(64-48-34-16-14-32-46(48)62-52)53-51(49)61-45-31-13-15-33-47(45)63-53)42-28-18-30-44(36-42)60-69-57(39-23-9-3-10-24-39)66-58(70-60)40-25-11-4-12-26-40/h1-36H. The Morgan fingerprint density at radius 2 is 0.400 bits per heavy atom. The monoisotopic (exact) mass is 896 g/mol. The molecule has 0 saturated carbocycles. The maximum atomic E-state index is 5.45. The zero-order chi connectivity index (χ0) is 46.4. The molecule has 0 fully saturated rings. The van der Waals surface area contributed by atoms with Gasteiger partial charge in [-0.3, -0.25) is 0 Å². The molecular weight excluding hydrogens is 861 g/mol. The van der Waals surface area contributed by atoms with Crippen molar-refractivity contribution in [1.29, 1.82) is 0 Å². The second-order valence-corrected chi connectivity index (χ2v) is 16.8. The number of rotatable bonds is 8. The van der Waals surface area contributed by atoms with E-state index in [1.54, 1.807) is 0 Å². The average Bonchev–Trinajstić information content (AvgIpc) is 3.44. The van der Waals surface area contributed by atoms with Crippen molar-refractivity contribution >= 4 is 44.1 Å². The molecule has 0 atom stereocenters. The maximum absolute atomic E-state index is 5.45. The lowest BCUT2D eigenvalue weighted by Gasteiger charge is -2.18. The first-order valence-electron chi connectivity index (χ1n) is 22.9. The summed E-state index contributed by atoms with van der Waals surface area (Å²) < 4.78 is 0. The quantitative estimate of drug-likeness (QED) is 0.107. The van der Waals surface area contributed by atoms with Crippen LogP contribution in [0.15, 0.2) is 218 Å². The number of hydrogen-bond donors (Lipinski definition) is 0. The van der Waals surface area contributed by atoms with E-state index in [-0.39, 0.29) is 0 Å². The third-order valence-electron chi connectivity index (χ3n) is 12.3. The lowest BCUT2D eigenvalue weighted by molar-refractivity contribution is 1.07. The van der Waals surface area contributed by atoms with Crippen LogP contribution in [-0.4, -0.2) is 49.8 Å². The van der Waals surface area contributed by atoms with Gasteiger partial charge in [-0.15, -0.1) is 0 Å². The molecule has 0 N–H and O–H groups in total. The summed E-state index contributed by atoms with van der Waals surface area (Å²) in [5.41, 5.74) is 14.2. The predicted octanol–water partition coefficient (Wildman–Crippen LogP) is 13.6. The van der Waals surface area contributed by atoms with Crippen molar-refractivity contribution in [2.45, 2.75) is 0 Å². The van der Waals surface area contributed by atoms with E-state index in [9.17, 15) is 0 Å². The Balaban J connectivity index is 1.09. The first kappa shape index (κ1) is 40.5. The van der Waals surface area contributed by atoms with Crippen molar-refractivity contribution in [2.24, 2.45) is 0 Å². The van der Waals surface area contributed by atoms with Gasteiger partial charge in [0.25, 0.3) is 0 Å². The van der Waals surface area contributed by atoms with Gasteiger partial charge in [0.2, 0.25) is 0 Å². The first-order valence-corrected chi connectivity index (χ1v) is 22.9. The minimum Gasteiger partial charge on any atom is -0.244 e. The summed E-state index contributed by atoms with van der Waals surface area (Å²) in [4.78, 5) is 51.9. The fraction of sp³-hybridized carbons (Fsp3) is 0. The van der Waals surface area contributed by atoms with E-state index in [0.29, 0.717) is 57.0 Å². The van der Waals surface area contributed by atoms with Crippen molar-refractivity contribution in [3.8, 4) is 90.6 Å². The summed E-state index contributed by atoms with van der Waals surface area (Å²) in [6, 6.07) is 72.5. The maximum Gasteiger partial charge on any atom is 0.164 e. The number of fused-ring (bicyclic) bond motifs is 5. The fourth-order valence-electron chi connectivity index (χ4n) is 8.98. The van der Waals surface area contributed by atoms with Gasteiger partial charge in [-0.05, 0) is 47.5 Å². The second-order valence-electron chi connectivity index (χ2n) is 16.8. The average molecular weight is 897 g/mol. The molecule has 4 aromatic heterocycles. The number of hydrogen-bond acceptors (Lipinski definition) is 10. The number of nitrogens with zero attached hydrogens (tertiary/aromatic N) is 10. The highest BCUT2D eigenvalue weighted by atomic mass is 15.0. The zero-order valence-electron chi connectivity index (χ0n) is 37.3. The molecule has 10 nitrogen and oxygen atoms in total. The van der Waals surface area contributed by atoms with E-state index >= 15 is 0 Å². The Morgan fingerprint density at radius 3 is 0.700 bits per heavy atom. The molecule has 0 aliphatic heterocycles. The van der Waals surface area contributed by atoms with Crippen molar-refractivity contribution in [3.05, 3.63) is 218 Å². The van der Waals surface area contributed by atoms with Gasteiger partial charge in [-0.2, -0.15) is 0 Å². The predicted molar refractivity (Wildman–Crippen MR) is 278 cm³/mol. The van der Waals surface area contributed by atoms with Crippen molar-refractivity contribution in [1.82, 2.24) is 49.8 Å². The molecule has 9 aromatic carbocycles. The minimum atomic E-state index is 0.531. The molecule has 0 unspecified atom stereocenters. The molecule has 10 heteroatoms. The first-order chi connectivity index (χ1) is 34.7. The molecule has 13 aromatic rings. The molecule has 0 spiro atoms. The van der Waals surface area contributed by atoms with E-state index in [4.69, 9.17) is 49.8 Å². The summed E-state index contributed by atoms with van der Waals surface area (Å²) in [5, 5.41) is 0. The third-order valence-corrected chi connectivity index (χ3v) is 12.3. The van der Waals surface area contributed by atoms with E-state index in [1.165, 1.54) is 0 Å². The van der Waals surface area contributed by atoms with E-state index < -0.39 is 0 Å². The lowest BCUT2D eigenvalue weighted by Crippen LogP contribution is -2.02. The summed E-state index contributed by atoms with van der Waals surface area (Å²) in [6.07, 6.45) is 0. The molecule has 0 aliphatic carbocycles. The minimum absolute atomic E-state index is 0.531. The van der Waals surface area contributed by atoms with Gasteiger partial charge in [0.15, 0.2) is 34.9 Å². The van der Waals surface area contributed by atoms with E-state index in [1.807, 2.05) is 194 Å². The van der Waals surface area contributed by atoms with Crippen LogP contribution in [0.3, 0.4) is 0 Å². The van der Waals surface area contributed by atoms with Crippen LogP contribution in [0, 0.1) is 0 Å². The fourth-order valence-corrected chi connectivity index (χ4v) is 8.98. The van der Waals surface area contributed by atoms with Gasteiger partial charge in [-0.25, -0.2) is 49.8 Å². The molecule has 70 heavy (non-hydrogen) atoms. The highest BCUT2D eigenvalue weighted by Gasteiger charge is 2.25. The Hall–Kier alpha value is -9.80. The third kappa shape index (κ3) is 7.42. The second kappa shape index (κ2) is 17.1. The Bertz CT molecular complexity index is 3730. The summed E-state index contributed by atoms with van der Waals surface area (Å²) in [6.45, 7) is 0. The topological polar surface area (TPSA) is 129 Å². The molecule has 4 heterocycles. The normalized spacial score (nSPS) is 11.4. The van der Waals surface area contributed by atoms with Crippen LogP contribution in [0.4, 0.5) is 0 Å². The smallest absolute Gasteiger partial charge is 0.164 e. The van der Waals surface area contributed by atoms with Crippen LogP contribution in [0.2, 0.25) is 0 Å². The SMILES string of the molecule is c1ccc(-c2nc(-c3ccccc3)nc(-c3cccc(-c4c(-c5cccc(-c6nc(-c7ccccc7)nc(-c7ccccc7)n6)c5)c5nc6ccccc6nc5c5nc6ccccc6nc45)c3)n2)cc1. The highest BCUT2D eigenvalue weighted by molar-refractivity contribution is 6.19. The largest absolute Gasteiger partial charge is 0.244 e. The zero-order valence-corrected chi connectivity index (χ0v) is 37.3. The van der Waals surface area contributed by atoms with E-state index in [0.717, 1.165) is 77.7 Å². The van der Waals surface area contributed by atoms with Crippen molar-refractivity contribution < 1.29 is 0 Å². The molecule has 0 amide bonds. The van der Waals surface area contributed by atoms with Crippen LogP contribution in [-0.2, 0) is 0 Å². The highest BCUT2D eigenvalue weighted by Crippen LogP contribution is 2.45. The Morgan fingerprint density at radius 1 is 0.171 bits per heavy atom. The molecule has 326 valence electrons. The summed E-state index contributed by atoms with van der Waals surface area (Å²) >= 11 is 0. The van der Waals surface area contributed by atoms with Crippen LogP contribution in [0.5, 0.6) is 0 Å². The van der Waals surface area contributed by atoms with Gasteiger partial charge in [-0.1, -0.05) is 182 Å². The van der Waals surface area contributed by atoms with Crippen LogP contribution >= 0.6 is 0 Å². The Kier molecular flexibility index (Phi) is 9.90. The Labute approximate surface area is 401 Å². The number of aromatic nitrogens is 10. The number of benzene rings is 9. The molecule has 0 saturated heterocycles. The van der Waals surface area contributed by atoms with Gasteiger partial charge in [0.05, 0.1) is 22.1 Å². The van der Waals surface area contributed by atoms with Crippen LogP contribution in [0.1, 0.15) is 0 Å². The van der Waals surface area contributed by atoms with Crippen molar-refractivity contribution in [2.75, 3.05) is 0 Å². The molecular formula is C60H36N10. The van der Waals surface area contributed by atoms with Gasteiger partial charge < -0.3 is 0 Å². The molecule has 0 bridgehead atoms. The van der Waals surface area contributed by atoms with Crippen LogP contribution in [0.25, 0.3) is 135 Å². The lowest BCUT2D eigenvalue weighted by atomic mass is 9.89. The summed E-state index contributed by atoms with van der Waals surface area (Å²) in [7, 11) is 0. The van der Waals surface area contributed by atoms with Crippen LogP contribution < -0.4 is 0 Å². The van der Waals surface area contributed by atoms with Gasteiger partial charge in [0.1, 0.15) is 22.1 Å². The molecule has 0 radical (unpaired) electrons.